The number of hydrogen-bond acceptors (Lipinski definition) is 1. The van der Waals surface area contributed by atoms with Crippen molar-refractivity contribution in [1.29, 1.82) is 0 Å². The zero-order valence-electron chi connectivity index (χ0n) is 9.65. The predicted molar refractivity (Wildman–Crippen MR) is 60.6 cm³/mol. The van der Waals surface area contributed by atoms with Crippen molar-refractivity contribution in [2.45, 2.75) is 40.5 Å². The Morgan fingerprint density at radius 1 is 1.31 bits per heavy atom. The van der Waals surface area contributed by atoms with E-state index in [2.05, 4.69) is 45.2 Å². The molecule has 0 aromatic heterocycles. The van der Waals surface area contributed by atoms with E-state index in [9.17, 15) is 0 Å². The lowest BCUT2D eigenvalue weighted by molar-refractivity contribution is 0.601. The lowest BCUT2D eigenvalue weighted by atomic mass is 9.97. The first-order valence-corrected chi connectivity index (χ1v) is 5.14. The molecule has 1 nitrogen and oxygen atoms in total. The summed E-state index contributed by atoms with van der Waals surface area (Å²) < 4.78 is 0. The molecule has 0 saturated carbocycles. The van der Waals surface area contributed by atoms with E-state index in [0.717, 1.165) is 0 Å². The average Bonchev–Trinajstić information content (AvgIpc) is 2.13. The van der Waals surface area contributed by atoms with Crippen molar-refractivity contribution in [2.24, 2.45) is 5.92 Å². The van der Waals surface area contributed by atoms with Gasteiger partial charge in [-0.2, -0.15) is 0 Å². The van der Waals surface area contributed by atoms with Crippen molar-refractivity contribution >= 4 is 0 Å². The van der Waals surface area contributed by atoms with Crippen LogP contribution in [0.15, 0.2) is 23.4 Å². The van der Waals surface area contributed by atoms with Gasteiger partial charge in [0.1, 0.15) is 0 Å². The summed E-state index contributed by atoms with van der Waals surface area (Å²) >= 11 is 0. The quantitative estimate of drug-likeness (QED) is 0.640. The fourth-order valence-electron chi connectivity index (χ4n) is 1.16. The summed E-state index contributed by atoms with van der Waals surface area (Å²) in [6.07, 6.45) is 6.91. The third kappa shape index (κ3) is 5.51. The molecule has 0 amide bonds. The van der Waals surface area contributed by atoms with Crippen LogP contribution in [0.4, 0.5) is 0 Å². The van der Waals surface area contributed by atoms with Gasteiger partial charge in [0.05, 0.1) is 0 Å². The van der Waals surface area contributed by atoms with Gasteiger partial charge in [-0.1, -0.05) is 31.9 Å². The topological polar surface area (TPSA) is 12.0 Å². The number of rotatable bonds is 5. The third-order valence-electron chi connectivity index (χ3n) is 2.49. The molecule has 0 aromatic rings. The van der Waals surface area contributed by atoms with E-state index in [1.54, 1.807) is 0 Å². The molecule has 13 heavy (non-hydrogen) atoms. The standard InChI is InChI=1S/C12H23N/c1-6-7-10(2)11(3)8-9-12(4)13-5/h8-10,13H,6-7H2,1-5H3/b11-8+,12-9+. The van der Waals surface area contributed by atoms with Gasteiger partial charge in [0.15, 0.2) is 0 Å². The van der Waals surface area contributed by atoms with Crippen LogP contribution in [0.1, 0.15) is 40.5 Å². The minimum absolute atomic E-state index is 0.714. The van der Waals surface area contributed by atoms with Crippen LogP contribution >= 0.6 is 0 Å². The molecule has 0 aliphatic heterocycles. The molecular formula is C12H23N. The predicted octanol–water partition coefficient (Wildman–Crippen LogP) is 3.49. The van der Waals surface area contributed by atoms with Crippen molar-refractivity contribution < 1.29 is 0 Å². The van der Waals surface area contributed by atoms with Crippen LogP contribution in [0.2, 0.25) is 0 Å². The second-order valence-corrected chi connectivity index (χ2v) is 3.70. The Kier molecular flexibility index (Phi) is 6.38. The van der Waals surface area contributed by atoms with Gasteiger partial charge in [0, 0.05) is 12.7 Å². The van der Waals surface area contributed by atoms with E-state index in [0.29, 0.717) is 5.92 Å². The summed E-state index contributed by atoms with van der Waals surface area (Å²) in [7, 11) is 1.95. The Hall–Kier alpha value is -0.720. The SMILES string of the molecule is CCCC(C)/C(C)=C/C=C(\C)NC. The van der Waals surface area contributed by atoms with Crippen molar-refractivity contribution in [1.82, 2.24) is 5.32 Å². The molecule has 1 atom stereocenters. The van der Waals surface area contributed by atoms with E-state index in [-0.39, 0.29) is 0 Å². The molecule has 0 rings (SSSR count). The highest BCUT2D eigenvalue weighted by molar-refractivity contribution is 5.15. The highest BCUT2D eigenvalue weighted by atomic mass is 14.8. The smallest absolute Gasteiger partial charge is 0.00724 e. The maximum Gasteiger partial charge on any atom is 0.00724 e. The molecule has 0 spiro atoms. The molecular weight excluding hydrogens is 158 g/mol. The Morgan fingerprint density at radius 3 is 2.38 bits per heavy atom. The lowest BCUT2D eigenvalue weighted by Gasteiger charge is -2.09. The molecule has 1 heteroatoms. The van der Waals surface area contributed by atoms with Gasteiger partial charge in [-0.05, 0) is 32.3 Å². The minimum atomic E-state index is 0.714. The summed E-state index contributed by atoms with van der Waals surface area (Å²) in [6.45, 7) is 8.81. The molecule has 0 bridgehead atoms. The first-order chi connectivity index (χ1) is 6.11. The molecule has 76 valence electrons. The highest BCUT2D eigenvalue weighted by Gasteiger charge is 2.00. The van der Waals surface area contributed by atoms with E-state index in [1.807, 2.05) is 7.05 Å². The largest absolute Gasteiger partial charge is 0.392 e. The molecule has 0 aromatic carbocycles. The normalized spacial score (nSPS) is 15.8. The van der Waals surface area contributed by atoms with Crippen molar-refractivity contribution in [3.8, 4) is 0 Å². The third-order valence-corrected chi connectivity index (χ3v) is 2.49. The average molecular weight is 181 g/mol. The Morgan fingerprint density at radius 2 is 1.92 bits per heavy atom. The molecule has 0 radical (unpaired) electrons. The zero-order chi connectivity index (χ0) is 10.3. The minimum Gasteiger partial charge on any atom is -0.392 e. The summed E-state index contributed by atoms with van der Waals surface area (Å²) in [5.74, 6) is 0.714. The van der Waals surface area contributed by atoms with Crippen molar-refractivity contribution in [2.75, 3.05) is 7.05 Å². The molecule has 0 saturated heterocycles. The summed E-state index contributed by atoms with van der Waals surface area (Å²) in [5.41, 5.74) is 2.68. The van der Waals surface area contributed by atoms with Gasteiger partial charge in [-0.3, -0.25) is 0 Å². The van der Waals surface area contributed by atoms with Crippen molar-refractivity contribution in [3.05, 3.63) is 23.4 Å². The van der Waals surface area contributed by atoms with Crippen LogP contribution in [0.25, 0.3) is 0 Å². The zero-order valence-corrected chi connectivity index (χ0v) is 9.65. The Labute approximate surface area is 82.9 Å². The molecule has 0 aliphatic carbocycles. The molecule has 0 heterocycles. The van der Waals surface area contributed by atoms with Crippen LogP contribution in [-0.2, 0) is 0 Å². The van der Waals surface area contributed by atoms with Gasteiger partial charge in [-0.15, -0.1) is 0 Å². The lowest BCUT2D eigenvalue weighted by Crippen LogP contribution is -2.01. The molecule has 0 aliphatic rings. The first-order valence-electron chi connectivity index (χ1n) is 5.14. The highest BCUT2D eigenvalue weighted by Crippen LogP contribution is 2.15. The van der Waals surface area contributed by atoms with Gasteiger partial charge in [-0.25, -0.2) is 0 Å². The van der Waals surface area contributed by atoms with Crippen LogP contribution < -0.4 is 5.32 Å². The number of hydrogen-bond donors (Lipinski definition) is 1. The summed E-state index contributed by atoms with van der Waals surface area (Å²) in [5, 5.41) is 3.11. The van der Waals surface area contributed by atoms with Gasteiger partial charge in [0.25, 0.3) is 0 Å². The summed E-state index contributed by atoms with van der Waals surface area (Å²) in [4.78, 5) is 0. The molecule has 1 unspecified atom stereocenters. The number of nitrogens with one attached hydrogen (secondary N) is 1. The van der Waals surface area contributed by atoms with Crippen molar-refractivity contribution in [3.63, 3.8) is 0 Å². The maximum absolute atomic E-state index is 3.11. The van der Waals surface area contributed by atoms with Crippen LogP contribution in [0.5, 0.6) is 0 Å². The maximum atomic E-state index is 3.11. The van der Waals surface area contributed by atoms with Gasteiger partial charge in [0.2, 0.25) is 0 Å². The molecule has 1 N–H and O–H groups in total. The van der Waals surface area contributed by atoms with Crippen LogP contribution in [0, 0.1) is 5.92 Å². The van der Waals surface area contributed by atoms with E-state index in [1.165, 1.54) is 24.1 Å². The van der Waals surface area contributed by atoms with Gasteiger partial charge >= 0.3 is 0 Å². The van der Waals surface area contributed by atoms with Crippen LogP contribution in [-0.4, -0.2) is 7.05 Å². The fraction of sp³-hybridized carbons (Fsp3) is 0.667. The summed E-state index contributed by atoms with van der Waals surface area (Å²) in [6, 6.07) is 0. The van der Waals surface area contributed by atoms with Crippen LogP contribution in [0.3, 0.4) is 0 Å². The second-order valence-electron chi connectivity index (χ2n) is 3.70. The molecule has 0 fully saturated rings. The monoisotopic (exact) mass is 181 g/mol. The van der Waals surface area contributed by atoms with E-state index in [4.69, 9.17) is 0 Å². The Balaban J connectivity index is 4.15. The van der Waals surface area contributed by atoms with E-state index >= 15 is 0 Å². The van der Waals surface area contributed by atoms with Gasteiger partial charge < -0.3 is 5.32 Å². The second kappa shape index (κ2) is 6.76. The van der Waals surface area contributed by atoms with E-state index < -0.39 is 0 Å². The Bertz CT molecular complexity index is 189. The first kappa shape index (κ1) is 12.3. The fourth-order valence-corrected chi connectivity index (χ4v) is 1.16. The number of allylic oxidation sites excluding steroid dienone is 4.